The van der Waals surface area contributed by atoms with Gasteiger partial charge in [-0.1, -0.05) is 12.1 Å². The number of amides is 1. The van der Waals surface area contributed by atoms with Gasteiger partial charge in [-0.25, -0.2) is 4.98 Å². The summed E-state index contributed by atoms with van der Waals surface area (Å²) in [7, 11) is 0. The molecule has 22 heavy (non-hydrogen) atoms. The molecule has 3 rings (SSSR count). The molecule has 0 saturated heterocycles. The minimum atomic E-state index is -0.0350. The zero-order chi connectivity index (χ0) is 15.5. The molecule has 0 atom stereocenters. The van der Waals surface area contributed by atoms with Crippen molar-refractivity contribution >= 4 is 22.6 Å². The number of pyridine rings is 1. The van der Waals surface area contributed by atoms with Gasteiger partial charge in [-0.05, 0) is 30.2 Å². The Kier molecular flexibility index (Phi) is 3.74. The van der Waals surface area contributed by atoms with E-state index in [0.29, 0.717) is 18.8 Å². The van der Waals surface area contributed by atoms with Gasteiger partial charge in [0.2, 0.25) is 5.91 Å². The average molecular weight is 295 g/mol. The van der Waals surface area contributed by atoms with E-state index in [2.05, 4.69) is 20.5 Å². The van der Waals surface area contributed by atoms with Crippen LogP contribution in [0.25, 0.3) is 22.2 Å². The molecule has 2 heterocycles. The van der Waals surface area contributed by atoms with Crippen molar-refractivity contribution in [1.82, 2.24) is 20.5 Å². The second kappa shape index (κ2) is 5.85. The number of fused-ring (bicyclic) bond motifs is 1. The number of anilines is 1. The summed E-state index contributed by atoms with van der Waals surface area (Å²) in [4.78, 5) is 15.4. The van der Waals surface area contributed by atoms with Crippen molar-refractivity contribution in [2.75, 3.05) is 12.3 Å². The molecule has 0 saturated carbocycles. The first kappa shape index (κ1) is 14.1. The highest BCUT2D eigenvalue weighted by molar-refractivity contribution is 5.87. The largest absolute Gasteiger partial charge is 0.384 e. The molecular formula is C16H17N5O. The lowest BCUT2D eigenvalue weighted by molar-refractivity contribution is -0.118. The molecule has 0 aliphatic rings. The average Bonchev–Trinajstić information content (AvgIpc) is 3.00. The van der Waals surface area contributed by atoms with Gasteiger partial charge in [0, 0.05) is 30.6 Å². The maximum absolute atomic E-state index is 11.0. The van der Waals surface area contributed by atoms with Crippen molar-refractivity contribution in [1.29, 1.82) is 0 Å². The minimum absolute atomic E-state index is 0.0350. The van der Waals surface area contributed by atoms with Crippen LogP contribution in [0.15, 0.2) is 36.5 Å². The van der Waals surface area contributed by atoms with Crippen LogP contribution in [-0.4, -0.2) is 27.6 Å². The predicted octanol–water partition coefficient (Wildman–Crippen LogP) is 1.89. The zero-order valence-electron chi connectivity index (χ0n) is 12.3. The Morgan fingerprint density at radius 3 is 2.91 bits per heavy atom. The highest BCUT2D eigenvalue weighted by Gasteiger charge is 2.08. The van der Waals surface area contributed by atoms with Gasteiger partial charge in [0.1, 0.15) is 5.82 Å². The van der Waals surface area contributed by atoms with E-state index in [1.807, 2.05) is 30.3 Å². The van der Waals surface area contributed by atoms with Gasteiger partial charge in [-0.2, -0.15) is 5.10 Å². The number of nitrogen functional groups attached to an aromatic ring is 1. The summed E-state index contributed by atoms with van der Waals surface area (Å²) in [5, 5.41) is 10.8. The first-order valence-electron chi connectivity index (χ1n) is 7.07. The molecular weight excluding hydrogens is 278 g/mol. The zero-order valence-corrected chi connectivity index (χ0v) is 12.3. The summed E-state index contributed by atoms with van der Waals surface area (Å²) in [5.74, 6) is 0.441. The summed E-state index contributed by atoms with van der Waals surface area (Å²) in [6.45, 7) is 2.09. The van der Waals surface area contributed by atoms with Crippen LogP contribution in [0.4, 0.5) is 5.82 Å². The molecule has 1 amide bonds. The van der Waals surface area contributed by atoms with Crippen LogP contribution in [0.1, 0.15) is 12.5 Å². The van der Waals surface area contributed by atoms with Crippen LogP contribution in [0.5, 0.6) is 0 Å². The molecule has 1 aromatic carbocycles. The maximum atomic E-state index is 11.0. The summed E-state index contributed by atoms with van der Waals surface area (Å²) in [5.41, 5.74) is 9.66. The van der Waals surface area contributed by atoms with E-state index in [1.165, 1.54) is 6.92 Å². The smallest absolute Gasteiger partial charge is 0.216 e. The van der Waals surface area contributed by atoms with Gasteiger partial charge < -0.3 is 11.1 Å². The third-order valence-corrected chi connectivity index (χ3v) is 3.48. The first-order valence-corrected chi connectivity index (χ1v) is 7.07. The second-order valence-corrected chi connectivity index (χ2v) is 5.13. The summed E-state index contributed by atoms with van der Waals surface area (Å²) < 4.78 is 0. The SMILES string of the molecule is CC(=O)NCCc1cc(N)nc2cc(-c3cc[nH]n3)ccc12. The van der Waals surface area contributed by atoms with Crippen LogP contribution in [-0.2, 0) is 11.2 Å². The Balaban J connectivity index is 1.97. The number of aromatic nitrogens is 3. The Morgan fingerprint density at radius 2 is 2.18 bits per heavy atom. The van der Waals surface area contributed by atoms with E-state index in [0.717, 1.165) is 27.7 Å². The molecule has 0 fully saturated rings. The normalized spacial score (nSPS) is 10.8. The molecule has 0 radical (unpaired) electrons. The standard InChI is InChI=1S/C16H17N5O/c1-10(22)18-6-4-11-9-16(17)20-15-8-12(2-3-13(11)15)14-5-7-19-21-14/h2-3,5,7-9H,4,6H2,1H3,(H2,17,20)(H,18,22)(H,19,21). The monoisotopic (exact) mass is 295 g/mol. The number of carbonyl (C=O) groups excluding carboxylic acids is 1. The highest BCUT2D eigenvalue weighted by Crippen LogP contribution is 2.25. The molecule has 112 valence electrons. The number of rotatable bonds is 4. The minimum Gasteiger partial charge on any atom is -0.384 e. The highest BCUT2D eigenvalue weighted by atomic mass is 16.1. The predicted molar refractivity (Wildman–Crippen MR) is 86.1 cm³/mol. The fourth-order valence-corrected chi connectivity index (χ4v) is 2.48. The molecule has 6 heteroatoms. The van der Waals surface area contributed by atoms with Crippen molar-refractivity contribution in [3.63, 3.8) is 0 Å². The van der Waals surface area contributed by atoms with Crippen molar-refractivity contribution in [2.24, 2.45) is 0 Å². The van der Waals surface area contributed by atoms with Crippen LogP contribution in [0.3, 0.4) is 0 Å². The fraction of sp³-hybridized carbons (Fsp3) is 0.188. The molecule has 0 unspecified atom stereocenters. The number of nitrogens with zero attached hydrogens (tertiary/aromatic N) is 2. The van der Waals surface area contributed by atoms with E-state index in [1.54, 1.807) is 6.20 Å². The number of carbonyl (C=O) groups is 1. The summed E-state index contributed by atoms with van der Waals surface area (Å²) in [6, 6.07) is 9.78. The Labute approximate surface area is 127 Å². The summed E-state index contributed by atoms with van der Waals surface area (Å²) in [6.07, 6.45) is 2.50. The number of nitrogens with one attached hydrogen (secondary N) is 2. The van der Waals surface area contributed by atoms with E-state index in [4.69, 9.17) is 5.73 Å². The number of benzene rings is 1. The number of aromatic amines is 1. The molecule has 0 bridgehead atoms. The van der Waals surface area contributed by atoms with Crippen molar-refractivity contribution in [3.05, 3.63) is 42.1 Å². The van der Waals surface area contributed by atoms with Gasteiger partial charge >= 0.3 is 0 Å². The van der Waals surface area contributed by atoms with E-state index < -0.39 is 0 Å². The Morgan fingerprint density at radius 1 is 1.32 bits per heavy atom. The van der Waals surface area contributed by atoms with Crippen LogP contribution < -0.4 is 11.1 Å². The molecule has 0 aliphatic heterocycles. The van der Waals surface area contributed by atoms with Crippen LogP contribution in [0, 0.1) is 0 Å². The maximum Gasteiger partial charge on any atom is 0.216 e. The van der Waals surface area contributed by atoms with Gasteiger partial charge in [0.05, 0.1) is 11.2 Å². The lowest BCUT2D eigenvalue weighted by Crippen LogP contribution is -2.22. The lowest BCUT2D eigenvalue weighted by atomic mass is 10.0. The molecule has 0 spiro atoms. The topological polar surface area (TPSA) is 96.7 Å². The van der Waals surface area contributed by atoms with Gasteiger partial charge in [0.25, 0.3) is 0 Å². The van der Waals surface area contributed by atoms with Crippen molar-refractivity contribution < 1.29 is 4.79 Å². The number of hydrogen-bond acceptors (Lipinski definition) is 4. The fourth-order valence-electron chi connectivity index (χ4n) is 2.48. The number of nitrogens with two attached hydrogens (primary N) is 1. The molecule has 0 aliphatic carbocycles. The van der Waals surface area contributed by atoms with Crippen LogP contribution >= 0.6 is 0 Å². The van der Waals surface area contributed by atoms with E-state index >= 15 is 0 Å². The third-order valence-electron chi connectivity index (χ3n) is 3.48. The molecule has 4 N–H and O–H groups in total. The van der Waals surface area contributed by atoms with Gasteiger partial charge in [-0.3, -0.25) is 9.89 Å². The first-order chi connectivity index (χ1) is 10.6. The molecule has 3 aromatic rings. The van der Waals surface area contributed by atoms with Crippen LogP contribution in [0.2, 0.25) is 0 Å². The van der Waals surface area contributed by atoms with Gasteiger partial charge in [-0.15, -0.1) is 0 Å². The van der Waals surface area contributed by atoms with Gasteiger partial charge in [0.15, 0.2) is 0 Å². The molecule has 2 aromatic heterocycles. The Bertz CT molecular complexity index is 811. The number of hydrogen-bond donors (Lipinski definition) is 3. The van der Waals surface area contributed by atoms with E-state index in [9.17, 15) is 4.79 Å². The summed E-state index contributed by atoms with van der Waals surface area (Å²) >= 11 is 0. The molecule has 6 nitrogen and oxygen atoms in total. The third kappa shape index (κ3) is 2.90. The Hall–Kier alpha value is -2.89. The van der Waals surface area contributed by atoms with Crippen molar-refractivity contribution in [3.8, 4) is 11.3 Å². The van der Waals surface area contributed by atoms with Crippen molar-refractivity contribution in [2.45, 2.75) is 13.3 Å². The second-order valence-electron chi connectivity index (χ2n) is 5.13. The number of H-pyrrole nitrogens is 1. The quantitative estimate of drug-likeness (QED) is 0.684. The van der Waals surface area contributed by atoms with E-state index in [-0.39, 0.29) is 5.91 Å². The lowest BCUT2D eigenvalue weighted by Gasteiger charge is -2.09.